The highest BCUT2D eigenvalue weighted by atomic mass is 32.9. The van der Waals surface area contributed by atoms with E-state index >= 15 is 0 Å². The minimum Gasteiger partial charge on any atom is -0.233 e. The van der Waals surface area contributed by atoms with Crippen LogP contribution in [0.5, 0.6) is 0 Å². The molecule has 11 heteroatoms. The standard InChI is InChI=1S/C15H19O6PS3Si/c1-23(16,17)26(24(2,18)19,25(3,20)21)22(14-10-6-4-7-11-14)15-12-8-5-9-13-15/h4-13H,1-3H3. The summed E-state index contributed by atoms with van der Waals surface area (Å²) >= 11 is 0. The molecule has 0 fully saturated rings. The van der Waals surface area contributed by atoms with Crippen molar-refractivity contribution in [3.63, 3.8) is 0 Å². The molecule has 0 saturated heterocycles. The summed E-state index contributed by atoms with van der Waals surface area (Å²) in [7, 11) is -15.5. The van der Waals surface area contributed by atoms with Gasteiger partial charge >= 0.3 is 5.19 Å². The molecule has 0 atom stereocenters. The second-order valence-corrected chi connectivity index (χ2v) is 33.8. The van der Waals surface area contributed by atoms with Crippen LogP contribution in [0.3, 0.4) is 0 Å². The van der Waals surface area contributed by atoms with Crippen LogP contribution in [0.4, 0.5) is 0 Å². The van der Waals surface area contributed by atoms with E-state index in [0.717, 1.165) is 18.8 Å². The lowest BCUT2D eigenvalue weighted by molar-refractivity contribution is 0.607. The van der Waals surface area contributed by atoms with Crippen molar-refractivity contribution >= 4 is 51.1 Å². The quantitative estimate of drug-likeness (QED) is 0.474. The highest BCUT2D eigenvalue weighted by Gasteiger charge is 2.70. The molecule has 2 aromatic rings. The van der Waals surface area contributed by atoms with Gasteiger partial charge in [-0.05, 0) is 18.1 Å². The first-order valence-corrected chi connectivity index (χ1v) is 19.4. The van der Waals surface area contributed by atoms with Gasteiger partial charge in [0.15, 0.2) is 27.9 Å². The molecule has 2 aromatic carbocycles. The van der Waals surface area contributed by atoms with Crippen molar-refractivity contribution < 1.29 is 25.3 Å². The van der Waals surface area contributed by atoms with Gasteiger partial charge in [0.1, 0.15) is 0 Å². The Bertz CT molecular complexity index is 980. The molecule has 0 heterocycles. The van der Waals surface area contributed by atoms with Crippen molar-refractivity contribution in [2.45, 2.75) is 0 Å². The van der Waals surface area contributed by atoms with E-state index in [1.54, 1.807) is 60.7 Å². The summed E-state index contributed by atoms with van der Waals surface area (Å²) < 4.78 is 77.1. The Morgan fingerprint density at radius 3 is 1.08 bits per heavy atom. The second-order valence-electron chi connectivity index (χ2n) is 5.85. The van der Waals surface area contributed by atoms with Crippen molar-refractivity contribution in [1.82, 2.24) is 0 Å². The van der Waals surface area contributed by atoms with E-state index < -0.39 is 40.5 Å². The topological polar surface area (TPSA) is 102 Å². The lowest BCUT2D eigenvalue weighted by Gasteiger charge is -2.33. The number of benzene rings is 2. The first-order valence-electron chi connectivity index (χ1n) is 7.33. The Labute approximate surface area is 155 Å². The maximum atomic E-state index is 12.9. The summed E-state index contributed by atoms with van der Waals surface area (Å²) in [5, 5.41) is -4.22. The van der Waals surface area contributed by atoms with Gasteiger partial charge in [0.25, 0.3) is 0 Å². The summed E-state index contributed by atoms with van der Waals surface area (Å²) in [5.74, 6) is 0. The number of hydrogen-bond acceptors (Lipinski definition) is 6. The molecule has 2 rings (SSSR count). The lowest BCUT2D eigenvalue weighted by atomic mass is 10.4. The van der Waals surface area contributed by atoms with E-state index in [1.165, 1.54) is 0 Å². The van der Waals surface area contributed by atoms with Crippen LogP contribution in [-0.4, -0.2) is 49.2 Å². The number of hydrogen-bond donors (Lipinski definition) is 0. The summed E-state index contributed by atoms with van der Waals surface area (Å²) in [5.41, 5.74) is 0. The molecule has 0 aliphatic carbocycles. The molecule has 0 amide bonds. The van der Waals surface area contributed by atoms with E-state index in [2.05, 4.69) is 0 Å². The number of rotatable bonds is 6. The Morgan fingerprint density at radius 2 is 0.846 bits per heavy atom. The van der Waals surface area contributed by atoms with Crippen molar-refractivity contribution in [1.29, 1.82) is 0 Å². The summed E-state index contributed by atoms with van der Waals surface area (Å²) in [6.45, 7) is 0. The first kappa shape index (κ1) is 21.2. The molecular formula is C15H19O6PS3Si. The van der Waals surface area contributed by atoms with Crippen molar-refractivity contribution in [2.75, 3.05) is 18.8 Å². The minimum atomic E-state index is -5.03. The minimum absolute atomic E-state index is 0.404. The molecule has 0 N–H and O–H groups in total. The van der Waals surface area contributed by atoms with Crippen LogP contribution in [-0.2, 0) is 27.9 Å². The largest absolute Gasteiger partial charge is 0.482 e. The van der Waals surface area contributed by atoms with E-state index in [4.69, 9.17) is 0 Å². The smallest absolute Gasteiger partial charge is 0.233 e. The maximum absolute atomic E-state index is 12.9. The van der Waals surface area contributed by atoms with E-state index in [9.17, 15) is 25.3 Å². The van der Waals surface area contributed by atoms with Crippen LogP contribution in [0.1, 0.15) is 0 Å². The van der Waals surface area contributed by atoms with E-state index in [1.807, 2.05) is 0 Å². The van der Waals surface area contributed by atoms with Crippen LogP contribution in [0.25, 0.3) is 0 Å². The monoisotopic (exact) mass is 450 g/mol. The fourth-order valence-corrected chi connectivity index (χ4v) is 47.7. The third-order valence-corrected chi connectivity index (χ3v) is 50.6. The van der Waals surface area contributed by atoms with Crippen LogP contribution in [0.2, 0.25) is 0 Å². The van der Waals surface area contributed by atoms with Gasteiger partial charge in [0.2, 0.25) is 0 Å². The van der Waals surface area contributed by atoms with Crippen molar-refractivity contribution in [2.24, 2.45) is 0 Å². The molecular weight excluding hydrogens is 431 g/mol. The highest BCUT2D eigenvalue weighted by molar-refractivity contribution is 8.88. The Balaban J connectivity index is 3.12. The van der Waals surface area contributed by atoms with Crippen LogP contribution in [0, 0.1) is 0 Å². The zero-order valence-electron chi connectivity index (χ0n) is 14.4. The van der Waals surface area contributed by atoms with Gasteiger partial charge in [-0.1, -0.05) is 60.7 Å². The molecule has 0 unspecified atom stereocenters. The average Bonchev–Trinajstić information content (AvgIpc) is 2.50. The van der Waals surface area contributed by atoms with E-state index in [-0.39, 0.29) is 0 Å². The van der Waals surface area contributed by atoms with Crippen LogP contribution < -0.4 is 10.6 Å². The van der Waals surface area contributed by atoms with Gasteiger partial charge in [-0.15, -0.1) is 0 Å². The zero-order valence-corrected chi connectivity index (χ0v) is 18.7. The summed E-state index contributed by atoms with van der Waals surface area (Å²) in [4.78, 5) is 0. The molecule has 0 radical (unpaired) electrons. The summed E-state index contributed by atoms with van der Waals surface area (Å²) in [6.07, 6.45) is 2.17. The van der Waals surface area contributed by atoms with Gasteiger partial charge in [0.05, 0.1) is 0 Å². The Kier molecular flexibility index (Phi) is 5.85. The first-order chi connectivity index (χ1) is 11.8. The molecule has 0 saturated carbocycles. The van der Waals surface area contributed by atoms with Gasteiger partial charge in [-0.2, -0.15) is 0 Å². The van der Waals surface area contributed by atoms with Crippen LogP contribution >= 0.6 is 7.47 Å². The SMILES string of the molecule is CS(=O)(=O)[Si](P(c1ccccc1)c1ccccc1)(S(C)(=O)=O)S(C)(=O)=O. The molecule has 0 aromatic heterocycles. The average molecular weight is 451 g/mol. The predicted molar refractivity (Wildman–Crippen MR) is 109 cm³/mol. The van der Waals surface area contributed by atoms with Crippen molar-refractivity contribution in [3.05, 3.63) is 60.7 Å². The van der Waals surface area contributed by atoms with E-state index in [0.29, 0.717) is 10.6 Å². The molecule has 142 valence electrons. The Hall–Kier alpha value is -1.06. The summed E-state index contributed by atoms with van der Waals surface area (Å²) in [6, 6.07) is 16.3. The molecule has 0 aliphatic heterocycles. The van der Waals surface area contributed by atoms with Gasteiger partial charge in [-0.3, -0.25) is 0 Å². The van der Waals surface area contributed by atoms with Crippen LogP contribution in [0.15, 0.2) is 60.7 Å². The lowest BCUT2D eigenvalue weighted by Crippen LogP contribution is -2.59. The molecule has 6 nitrogen and oxygen atoms in total. The highest BCUT2D eigenvalue weighted by Crippen LogP contribution is 2.52. The normalized spacial score (nSPS) is 13.7. The van der Waals surface area contributed by atoms with Gasteiger partial charge < -0.3 is 0 Å². The molecule has 0 spiro atoms. The maximum Gasteiger partial charge on any atom is 0.482 e. The molecule has 0 bridgehead atoms. The fraction of sp³-hybridized carbons (Fsp3) is 0.200. The van der Waals surface area contributed by atoms with Crippen molar-refractivity contribution in [3.8, 4) is 0 Å². The molecule has 0 aliphatic rings. The second kappa shape index (κ2) is 7.16. The third kappa shape index (κ3) is 3.53. The predicted octanol–water partition coefficient (Wildman–Crippen LogP) is 0.689. The molecule has 26 heavy (non-hydrogen) atoms. The van der Waals surface area contributed by atoms with Gasteiger partial charge in [0, 0.05) is 18.8 Å². The zero-order chi connectivity index (χ0) is 19.8. The fourth-order valence-electron chi connectivity index (χ4n) is 2.94. The van der Waals surface area contributed by atoms with Gasteiger partial charge in [-0.25, -0.2) is 25.3 Å². The Morgan fingerprint density at radius 1 is 0.577 bits per heavy atom. The third-order valence-electron chi connectivity index (χ3n) is 3.71.